The van der Waals surface area contributed by atoms with Crippen molar-refractivity contribution in [1.29, 1.82) is 0 Å². The number of carbonyl (C=O) groups excluding carboxylic acids is 2. The van der Waals surface area contributed by atoms with Crippen LogP contribution in [0.2, 0.25) is 0 Å². The van der Waals surface area contributed by atoms with Crippen molar-refractivity contribution in [3.8, 4) is 0 Å². The van der Waals surface area contributed by atoms with Crippen molar-refractivity contribution in [2.45, 2.75) is 31.8 Å². The molecule has 0 saturated heterocycles. The van der Waals surface area contributed by atoms with E-state index in [1.165, 1.54) is 13.2 Å². The zero-order valence-electron chi connectivity index (χ0n) is 17.9. The van der Waals surface area contributed by atoms with Crippen molar-refractivity contribution in [3.63, 3.8) is 0 Å². The molecule has 2 aromatic rings. The van der Waals surface area contributed by atoms with E-state index >= 15 is 0 Å². The molecule has 0 amide bonds. The van der Waals surface area contributed by atoms with Crippen molar-refractivity contribution in [1.82, 2.24) is 0 Å². The molecule has 7 nitrogen and oxygen atoms in total. The van der Waals surface area contributed by atoms with Crippen LogP contribution < -0.4 is 0 Å². The molecule has 0 aliphatic carbocycles. The molecule has 0 radical (unpaired) electrons. The highest BCUT2D eigenvalue weighted by Gasteiger charge is 2.29. The number of carbonyl (C=O) groups is 2. The van der Waals surface area contributed by atoms with Crippen molar-refractivity contribution < 1.29 is 33.6 Å². The van der Waals surface area contributed by atoms with E-state index < -0.39 is 18.2 Å². The molecule has 1 aliphatic heterocycles. The van der Waals surface area contributed by atoms with Crippen LogP contribution in [-0.2, 0) is 37.0 Å². The zero-order valence-corrected chi connectivity index (χ0v) is 17.9. The van der Waals surface area contributed by atoms with Crippen LogP contribution in [0.1, 0.15) is 39.4 Å². The number of hydrogen-bond acceptors (Lipinski definition) is 7. The van der Waals surface area contributed by atoms with Gasteiger partial charge in [-0.1, -0.05) is 49.1 Å². The molecule has 0 aromatic heterocycles. The fourth-order valence-electron chi connectivity index (χ4n) is 3.26. The average molecular weight is 438 g/mol. The fourth-order valence-corrected chi connectivity index (χ4v) is 3.26. The number of hydrogen-bond donors (Lipinski definition) is 1. The summed E-state index contributed by atoms with van der Waals surface area (Å²) < 4.78 is 21.6. The summed E-state index contributed by atoms with van der Waals surface area (Å²) in [5.41, 5.74) is 3.07. The van der Waals surface area contributed by atoms with E-state index in [1.807, 2.05) is 36.4 Å². The van der Waals surface area contributed by atoms with Crippen LogP contribution in [0.5, 0.6) is 0 Å². The Bertz CT molecular complexity index is 961. The molecule has 1 aliphatic rings. The van der Waals surface area contributed by atoms with Gasteiger partial charge in [0, 0.05) is 12.3 Å². The number of ether oxygens (including phenoxy) is 4. The molecule has 1 N–H and O–H groups in total. The van der Waals surface area contributed by atoms with Gasteiger partial charge in [0.25, 0.3) is 0 Å². The Morgan fingerprint density at radius 1 is 1.09 bits per heavy atom. The van der Waals surface area contributed by atoms with Crippen molar-refractivity contribution in [2.75, 3.05) is 13.7 Å². The van der Waals surface area contributed by atoms with Crippen LogP contribution in [0, 0.1) is 0 Å². The molecule has 0 saturated carbocycles. The van der Waals surface area contributed by atoms with Crippen LogP contribution in [0.25, 0.3) is 0 Å². The maximum Gasteiger partial charge on any atom is 0.373 e. The molecule has 0 fully saturated rings. The molecule has 32 heavy (non-hydrogen) atoms. The first-order chi connectivity index (χ1) is 15.5. The summed E-state index contributed by atoms with van der Waals surface area (Å²) in [6, 6.07) is 14.4. The van der Waals surface area contributed by atoms with Gasteiger partial charge in [0.2, 0.25) is 12.0 Å². The third-order valence-electron chi connectivity index (χ3n) is 4.99. The Kier molecular flexibility index (Phi) is 8.19. The molecule has 3 rings (SSSR count). The molecule has 0 unspecified atom stereocenters. The lowest BCUT2D eigenvalue weighted by molar-refractivity contribution is -0.163. The quantitative estimate of drug-likeness (QED) is 0.472. The van der Waals surface area contributed by atoms with Gasteiger partial charge in [-0.2, -0.15) is 0 Å². The largest absolute Gasteiger partial charge is 0.465 e. The molecule has 7 heteroatoms. The molecule has 2 aromatic carbocycles. The minimum absolute atomic E-state index is 0.0235. The first-order valence-electron chi connectivity index (χ1n) is 10.2. The van der Waals surface area contributed by atoms with Crippen molar-refractivity contribution >= 4 is 11.9 Å². The molecular formula is C25H26O7. The van der Waals surface area contributed by atoms with Gasteiger partial charge in [0.15, 0.2) is 0 Å². The smallest absolute Gasteiger partial charge is 0.373 e. The van der Waals surface area contributed by atoms with Crippen LogP contribution >= 0.6 is 0 Å². The van der Waals surface area contributed by atoms with E-state index in [9.17, 15) is 14.7 Å². The molecule has 0 spiro atoms. The average Bonchev–Trinajstić information content (AvgIpc) is 2.85. The molecular weight excluding hydrogens is 412 g/mol. The number of rotatable bonds is 9. The van der Waals surface area contributed by atoms with E-state index in [2.05, 4.69) is 6.58 Å². The van der Waals surface area contributed by atoms with E-state index in [0.717, 1.165) is 16.7 Å². The topological polar surface area (TPSA) is 91.3 Å². The minimum Gasteiger partial charge on any atom is -0.465 e. The highest BCUT2D eigenvalue weighted by Crippen LogP contribution is 2.32. The Balaban J connectivity index is 1.75. The predicted molar refractivity (Wildman–Crippen MR) is 116 cm³/mol. The predicted octanol–water partition coefficient (Wildman–Crippen LogP) is 3.63. The molecule has 168 valence electrons. The number of aliphatic hydroxyl groups is 1. The molecule has 2 atom stereocenters. The number of benzene rings is 2. The number of esters is 2. The normalized spacial score (nSPS) is 17.6. The Morgan fingerprint density at radius 3 is 2.41 bits per heavy atom. The first kappa shape index (κ1) is 23.2. The van der Waals surface area contributed by atoms with Crippen LogP contribution in [0.3, 0.4) is 0 Å². The lowest BCUT2D eigenvalue weighted by atomic mass is 9.92. The fraction of sp³-hybridized carbons (Fsp3) is 0.280. The number of aliphatic hydroxyl groups excluding tert-OH is 1. The van der Waals surface area contributed by atoms with Gasteiger partial charge in [0.1, 0.15) is 6.61 Å². The van der Waals surface area contributed by atoms with Gasteiger partial charge in [0.05, 0.1) is 25.9 Å². The van der Waals surface area contributed by atoms with Crippen molar-refractivity contribution in [2.24, 2.45) is 0 Å². The molecule has 1 heterocycles. The highest BCUT2D eigenvalue weighted by molar-refractivity contribution is 5.89. The molecule has 0 bridgehead atoms. The number of allylic oxidation sites excluding steroid dienone is 1. The van der Waals surface area contributed by atoms with Crippen LogP contribution in [0.4, 0.5) is 0 Å². The third-order valence-corrected chi connectivity index (χ3v) is 4.99. The SMILES string of the molecule is C=CCOC(=O)C1=C[C@@H](c2ccc(C(=O)OC)cc2)C[C@@H](OCc2ccc(CO)cc2)O1. The van der Waals surface area contributed by atoms with Gasteiger partial charge in [-0.3, -0.25) is 0 Å². The van der Waals surface area contributed by atoms with Gasteiger partial charge >= 0.3 is 11.9 Å². The van der Waals surface area contributed by atoms with Crippen LogP contribution in [-0.4, -0.2) is 37.1 Å². The monoisotopic (exact) mass is 438 g/mol. The summed E-state index contributed by atoms with van der Waals surface area (Å²) in [5.74, 6) is -1.12. The third kappa shape index (κ3) is 6.06. The Morgan fingerprint density at radius 2 is 1.78 bits per heavy atom. The summed E-state index contributed by atoms with van der Waals surface area (Å²) in [6.07, 6.45) is 2.99. The van der Waals surface area contributed by atoms with Gasteiger partial charge < -0.3 is 24.1 Å². The van der Waals surface area contributed by atoms with E-state index in [-0.39, 0.29) is 31.5 Å². The second kappa shape index (κ2) is 11.3. The lowest BCUT2D eigenvalue weighted by Gasteiger charge is -2.29. The van der Waals surface area contributed by atoms with E-state index in [4.69, 9.17) is 18.9 Å². The summed E-state index contributed by atoms with van der Waals surface area (Å²) in [5, 5.41) is 9.17. The van der Waals surface area contributed by atoms with Gasteiger partial charge in [-0.25, -0.2) is 9.59 Å². The Hall–Kier alpha value is -3.42. The lowest BCUT2D eigenvalue weighted by Crippen LogP contribution is -2.27. The van der Waals surface area contributed by atoms with Gasteiger partial charge in [-0.05, 0) is 34.9 Å². The minimum atomic E-state index is -0.672. The summed E-state index contributed by atoms with van der Waals surface area (Å²) >= 11 is 0. The second-order valence-electron chi connectivity index (χ2n) is 7.21. The maximum atomic E-state index is 12.4. The Labute approximate surface area is 186 Å². The maximum absolute atomic E-state index is 12.4. The van der Waals surface area contributed by atoms with E-state index in [1.54, 1.807) is 18.2 Å². The van der Waals surface area contributed by atoms with Crippen LogP contribution in [0.15, 0.2) is 73.0 Å². The highest BCUT2D eigenvalue weighted by atomic mass is 16.7. The number of methoxy groups -OCH3 is 1. The van der Waals surface area contributed by atoms with E-state index in [0.29, 0.717) is 12.0 Å². The second-order valence-corrected chi connectivity index (χ2v) is 7.21. The first-order valence-corrected chi connectivity index (χ1v) is 10.2. The summed E-state index contributed by atoms with van der Waals surface area (Å²) in [7, 11) is 1.33. The van der Waals surface area contributed by atoms with Crippen molar-refractivity contribution in [3.05, 3.63) is 95.3 Å². The van der Waals surface area contributed by atoms with Gasteiger partial charge in [-0.15, -0.1) is 0 Å². The summed E-state index contributed by atoms with van der Waals surface area (Å²) in [4.78, 5) is 24.1. The standard InChI is InChI=1S/C25H26O7/c1-3-12-30-25(28)22-13-21(19-8-10-20(11-9-19)24(27)29-2)14-23(32-22)31-16-18-6-4-17(15-26)5-7-18/h3-11,13,21,23,26H,1,12,14-16H2,2H3/t21-,23+/m1/s1. The zero-order chi connectivity index (χ0) is 22.9. The summed E-state index contributed by atoms with van der Waals surface area (Å²) in [6.45, 7) is 3.87.